The third kappa shape index (κ3) is 4.80. The van der Waals surface area contributed by atoms with Crippen LogP contribution in [-0.2, 0) is 14.3 Å². The summed E-state index contributed by atoms with van der Waals surface area (Å²) in [5.41, 5.74) is 1.48. The van der Waals surface area contributed by atoms with Crippen molar-refractivity contribution < 1.29 is 19.1 Å². The SMILES string of the molecule is CC1=C(C)[C@H]2[C@@H](C1)C[C@@]2(CNC(=O)OC(C)(C)C)CC(=O)OC(C)(C)C. The molecule has 1 fully saturated rings. The molecule has 26 heavy (non-hydrogen) atoms. The van der Waals surface area contributed by atoms with Crippen LogP contribution in [0.2, 0.25) is 0 Å². The highest BCUT2D eigenvalue weighted by Crippen LogP contribution is 2.62. The highest BCUT2D eigenvalue weighted by Gasteiger charge is 2.57. The van der Waals surface area contributed by atoms with Crippen LogP contribution in [0, 0.1) is 17.3 Å². The first-order chi connectivity index (χ1) is 11.7. The van der Waals surface area contributed by atoms with Crippen LogP contribution in [0.5, 0.6) is 0 Å². The molecule has 0 spiro atoms. The standard InChI is InChI=1S/C21H35NO4/c1-13-9-15-10-21(17(15)14(13)2,11-16(23)25-19(3,4)5)12-22-18(24)26-20(6,7)8/h15,17H,9-12H2,1-8H3,(H,22,24)/t15-,17-,21-/m0/s1. The zero-order chi connectivity index (χ0) is 19.9. The van der Waals surface area contributed by atoms with Crippen LogP contribution < -0.4 is 5.32 Å². The molecule has 1 N–H and O–H groups in total. The summed E-state index contributed by atoms with van der Waals surface area (Å²) in [6.07, 6.45) is 1.92. The van der Waals surface area contributed by atoms with E-state index < -0.39 is 17.3 Å². The molecule has 0 saturated heterocycles. The number of carbonyl (C=O) groups excluding carboxylic acids is 2. The number of esters is 1. The van der Waals surface area contributed by atoms with Crippen molar-refractivity contribution in [1.29, 1.82) is 0 Å². The lowest BCUT2D eigenvalue weighted by molar-refractivity contribution is -0.162. The van der Waals surface area contributed by atoms with Gasteiger partial charge in [-0.1, -0.05) is 11.1 Å². The quantitative estimate of drug-likeness (QED) is 0.584. The Balaban J connectivity index is 2.11. The van der Waals surface area contributed by atoms with Crippen molar-refractivity contribution in [3.05, 3.63) is 11.1 Å². The van der Waals surface area contributed by atoms with E-state index in [0.29, 0.717) is 24.8 Å². The van der Waals surface area contributed by atoms with Crippen LogP contribution in [0.25, 0.3) is 0 Å². The summed E-state index contributed by atoms with van der Waals surface area (Å²) in [5, 5.41) is 2.91. The maximum Gasteiger partial charge on any atom is 0.407 e. The summed E-state index contributed by atoms with van der Waals surface area (Å²) in [4.78, 5) is 24.7. The summed E-state index contributed by atoms with van der Waals surface area (Å²) >= 11 is 0. The van der Waals surface area contributed by atoms with Gasteiger partial charge in [-0.2, -0.15) is 0 Å². The van der Waals surface area contributed by atoms with Gasteiger partial charge in [-0.15, -0.1) is 0 Å². The highest BCUT2D eigenvalue weighted by atomic mass is 16.6. The fraction of sp³-hybridized carbons (Fsp3) is 0.810. The Morgan fingerprint density at radius 2 is 1.65 bits per heavy atom. The average Bonchev–Trinajstić information content (AvgIpc) is 2.61. The number of ether oxygens (including phenoxy) is 2. The van der Waals surface area contributed by atoms with E-state index in [2.05, 4.69) is 19.2 Å². The van der Waals surface area contributed by atoms with Crippen molar-refractivity contribution in [1.82, 2.24) is 5.32 Å². The van der Waals surface area contributed by atoms with Crippen LogP contribution in [0.1, 0.15) is 74.7 Å². The predicted octanol–water partition coefficient (Wildman–Crippen LogP) is 4.61. The lowest BCUT2D eigenvalue weighted by Gasteiger charge is -2.53. The van der Waals surface area contributed by atoms with Crippen molar-refractivity contribution >= 4 is 12.1 Å². The number of rotatable bonds is 4. The summed E-state index contributed by atoms with van der Waals surface area (Å²) in [6, 6.07) is 0. The van der Waals surface area contributed by atoms with Crippen LogP contribution >= 0.6 is 0 Å². The molecule has 2 rings (SSSR count). The van der Waals surface area contributed by atoms with E-state index in [-0.39, 0.29) is 11.4 Å². The van der Waals surface area contributed by atoms with Crippen molar-refractivity contribution in [3.63, 3.8) is 0 Å². The number of allylic oxidation sites excluding steroid dienone is 2. The van der Waals surface area contributed by atoms with Crippen LogP contribution in [0.4, 0.5) is 4.79 Å². The van der Waals surface area contributed by atoms with Crippen molar-refractivity contribution in [2.75, 3.05) is 6.54 Å². The number of nitrogens with one attached hydrogen (secondary N) is 1. The number of hydrogen-bond donors (Lipinski definition) is 1. The number of carbonyl (C=O) groups is 2. The molecule has 3 atom stereocenters. The van der Waals surface area contributed by atoms with Crippen molar-refractivity contribution in [2.24, 2.45) is 17.3 Å². The first-order valence-corrected chi connectivity index (χ1v) is 9.57. The molecule has 0 unspecified atom stereocenters. The second-order valence-corrected chi connectivity index (χ2v) is 10.1. The number of fused-ring (bicyclic) bond motifs is 1. The van der Waals surface area contributed by atoms with Gasteiger partial charge in [0, 0.05) is 12.0 Å². The number of hydrogen-bond acceptors (Lipinski definition) is 4. The summed E-state index contributed by atoms with van der Waals surface area (Å²) in [5.74, 6) is 0.724. The predicted molar refractivity (Wildman–Crippen MR) is 102 cm³/mol. The molecule has 5 heteroatoms. The maximum atomic E-state index is 12.5. The number of amides is 1. The molecule has 0 radical (unpaired) electrons. The molecule has 0 aromatic heterocycles. The Kier molecular flexibility index (Phi) is 5.51. The minimum absolute atomic E-state index is 0.195. The fourth-order valence-corrected chi connectivity index (χ4v) is 4.58. The van der Waals surface area contributed by atoms with E-state index in [1.807, 2.05) is 41.5 Å². The van der Waals surface area contributed by atoms with Crippen LogP contribution in [0.15, 0.2) is 11.1 Å². The minimum atomic E-state index is -0.537. The molecule has 2 aliphatic carbocycles. The molecular weight excluding hydrogens is 330 g/mol. The zero-order valence-corrected chi connectivity index (χ0v) is 17.6. The van der Waals surface area contributed by atoms with Gasteiger partial charge in [0.1, 0.15) is 11.2 Å². The molecule has 0 aliphatic heterocycles. The van der Waals surface area contributed by atoms with Gasteiger partial charge >= 0.3 is 12.1 Å². The minimum Gasteiger partial charge on any atom is -0.460 e. The molecule has 2 aliphatic rings. The molecule has 1 amide bonds. The number of alkyl carbamates (subject to hydrolysis) is 1. The van der Waals surface area contributed by atoms with E-state index in [1.165, 1.54) is 11.1 Å². The van der Waals surface area contributed by atoms with Crippen LogP contribution in [0.3, 0.4) is 0 Å². The summed E-state index contributed by atoms with van der Waals surface area (Å²) in [7, 11) is 0. The molecule has 0 bridgehead atoms. The van der Waals surface area contributed by atoms with Crippen molar-refractivity contribution in [3.8, 4) is 0 Å². The highest BCUT2D eigenvalue weighted by molar-refractivity contribution is 5.72. The molecule has 0 heterocycles. The third-order valence-electron chi connectivity index (χ3n) is 5.41. The van der Waals surface area contributed by atoms with E-state index in [9.17, 15) is 9.59 Å². The van der Waals surface area contributed by atoms with Gasteiger partial charge in [0.2, 0.25) is 0 Å². The maximum absolute atomic E-state index is 12.5. The second kappa shape index (κ2) is 6.90. The molecule has 5 nitrogen and oxygen atoms in total. The van der Waals surface area contributed by atoms with Gasteiger partial charge in [-0.05, 0) is 80.1 Å². The van der Waals surface area contributed by atoms with Gasteiger partial charge < -0.3 is 14.8 Å². The zero-order valence-electron chi connectivity index (χ0n) is 17.6. The van der Waals surface area contributed by atoms with E-state index in [4.69, 9.17) is 9.47 Å². The van der Waals surface area contributed by atoms with E-state index in [0.717, 1.165) is 12.8 Å². The summed E-state index contributed by atoms with van der Waals surface area (Å²) < 4.78 is 10.9. The first-order valence-electron chi connectivity index (χ1n) is 9.57. The van der Waals surface area contributed by atoms with Gasteiger partial charge in [0.15, 0.2) is 0 Å². The Labute approximate surface area is 157 Å². The molecule has 0 aromatic carbocycles. The van der Waals surface area contributed by atoms with E-state index in [1.54, 1.807) is 0 Å². The molecule has 1 saturated carbocycles. The third-order valence-corrected chi connectivity index (χ3v) is 5.41. The molecule has 0 aromatic rings. The van der Waals surface area contributed by atoms with Gasteiger partial charge in [0.05, 0.1) is 6.42 Å². The van der Waals surface area contributed by atoms with E-state index >= 15 is 0 Å². The van der Waals surface area contributed by atoms with Gasteiger partial charge in [0.25, 0.3) is 0 Å². The lowest BCUT2D eigenvalue weighted by atomic mass is 9.52. The topological polar surface area (TPSA) is 64.6 Å². The Morgan fingerprint density at radius 1 is 1.08 bits per heavy atom. The lowest BCUT2D eigenvalue weighted by Crippen LogP contribution is -2.55. The average molecular weight is 366 g/mol. The van der Waals surface area contributed by atoms with Gasteiger partial charge in [-0.25, -0.2) is 4.79 Å². The van der Waals surface area contributed by atoms with Crippen molar-refractivity contribution in [2.45, 2.75) is 85.9 Å². The largest absolute Gasteiger partial charge is 0.460 e. The fourth-order valence-electron chi connectivity index (χ4n) is 4.58. The molecule has 148 valence electrons. The first kappa shape index (κ1) is 20.8. The van der Waals surface area contributed by atoms with Gasteiger partial charge in [-0.3, -0.25) is 4.79 Å². The van der Waals surface area contributed by atoms with Crippen LogP contribution in [-0.4, -0.2) is 29.8 Å². The normalized spacial score (nSPS) is 28.3. The monoisotopic (exact) mass is 365 g/mol. The Bertz CT molecular complexity index is 608. The second-order valence-electron chi connectivity index (χ2n) is 10.1. The Hall–Kier alpha value is -1.52. The Morgan fingerprint density at radius 3 is 2.15 bits per heavy atom. The smallest absolute Gasteiger partial charge is 0.407 e. The molecular formula is C21H35NO4. The summed E-state index contributed by atoms with van der Waals surface area (Å²) in [6.45, 7) is 15.9.